The molecule has 0 aromatic heterocycles. The van der Waals surface area contributed by atoms with Crippen molar-refractivity contribution in [3.05, 3.63) is 0 Å². The molecule has 0 radical (unpaired) electrons. The van der Waals surface area contributed by atoms with Crippen molar-refractivity contribution < 1.29 is 28.5 Å². The van der Waals surface area contributed by atoms with Gasteiger partial charge in [-0.1, -0.05) is 13.8 Å². The number of rotatable bonds is 16. The first-order valence-corrected chi connectivity index (χ1v) is 8.19. The van der Waals surface area contributed by atoms with E-state index in [1.54, 1.807) is 0 Å². The molecule has 138 valence electrons. The predicted octanol–water partition coefficient (Wildman–Crippen LogP) is 0.976. The lowest BCUT2D eigenvalue weighted by Crippen LogP contribution is -2.14. The van der Waals surface area contributed by atoms with E-state index in [2.05, 4.69) is 0 Å². The van der Waals surface area contributed by atoms with Crippen molar-refractivity contribution >= 4 is 11.6 Å². The van der Waals surface area contributed by atoms with Crippen molar-refractivity contribution in [1.29, 1.82) is 0 Å². The minimum absolute atomic E-state index is 0.00538. The Morgan fingerprint density at radius 2 is 1.30 bits per heavy atom. The number of Topliss-reactive ketones (excluding diaryl/α,β-unsaturated/α-hetero) is 2. The molecule has 0 aromatic rings. The predicted molar refractivity (Wildman–Crippen MR) is 88.6 cm³/mol. The quantitative estimate of drug-likeness (QED) is 0.420. The average Bonchev–Trinajstić information content (AvgIpc) is 2.54. The van der Waals surface area contributed by atoms with Crippen LogP contribution in [0.2, 0.25) is 0 Å². The topological polar surface area (TPSA) is 97.1 Å². The molecular weight excluding hydrogens is 302 g/mol. The summed E-state index contributed by atoms with van der Waals surface area (Å²) in [5.41, 5.74) is 5.27. The summed E-state index contributed by atoms with van der Waals surface area (Å²) in [6.45, 7) is 9.02. The number of hydrogen-bond donors (Lipinski definition) is 1. The maximum Gasteiger partial charge on any atom is 0.158 e. The Bertz CT molecular complexity index is 273. The summed E-state index contributed by atoms with van der Waals surface area (Å²) in [6, 6.07) is 0. The lowest BCUT2D eigenvalue weighted by Gasteiger charge is -2.06. The van der Waals surface area contributed by atoms with Gasteiger partial charge in [-0.15, -0.1) is 0 Å². The van der Waals surface area contributed by atoms with E-state index < -0.39 is 0 Å². The number of hydrogen-bond acceptors (Lipinski definition) is 7. The largest absolute Gasteiger partial charge is 0.379 e. The Morgan fingerprint density at radius 1 is 0.783 bits per heavy atom. The van der Waals surface area contributed by atoms with Gasteiger partial charge in [-0.05, 0) is 13.3 Å². The first-order chi connectivity index (χ1) is 11.2. The molecule has 0 amide bonds. The fraction of sp³-hybridized carbons (Fsp3) is 0.875. The Morgan fingerprint density at radius 3 is 1.83 bits per heavy atom. The van der Waals surface area contributed by atoms with Gasteiger partial charge < -0.3 is 24.7 Å². The number of ether oxygens (including phenoxy) is 4. The minimum atomic E-state index is -0.0837. The van der Waals surface area contributed by atoms with Crippen molar-refractivity contribution in [3.63, 3.8) is 0 Å². The van der Waals surface area contributed by atoms with Crippen LogP contribution in [0.1, 0.15) is 33.6 Å². The van der Waals surface area contributed by atoms with E-state index in [4.69, 9.17) is 24.7 Å². The maximum atomic E-state index is 11.3. The van der Waals surface area contributed by atoms with Crippen molar-refractivity contribution in [1.82, 2.24) is 0 Å². The molecular formula is C16H33NO6. The van der Waals surface area contributed by atoms with Crippen LogP contribution in [0.3, 0.4) is 0 Å². The van der Waals surface area contributed by atoms with Crippen LogP contribution < -0.4 is 5.73 Å². The van der Waals surface area contributed by atoms with Crippen LogP contribution in [0.4, 0.5) is 0 Å². The van der Waals surface area contributed by atoms with Crippen LogP contribution in [-0.2, 0) is 28.5 Å². The van der Waals surface area contributed by atoms with Crippen molar-refractivity contribution in [2.24, 2.45) is 5.73 Å². The Hall–Kier alpha value is -0.860. The Balaban J connectivity index is 0. The molecule has 0 spiro atoms. The molecule has 0 unspecified atom stereocenters. The maximum absolute atomic E-state index is 11.3. The van der Waals surface area contributed by atoms with Crippen molar-refractivity contribution in [2.45, 2.75) is 33.6 Å². The molecule has 0 saturated heterocycles. The summed E-state index contributed by atoms with van der Waals surface area (Å²) in [7, 11) is 0. The Labute approximate surface area is 139 Å². The number of ketones is 2. The standard InChI is InChI=1S/C14H27NO6.C2H6/c1-13(16)11-21-12-14(17)3-2-5-18-7-9-20-10-8-19-6-4-15;1-2/h2-12,15H2,1H3;1-2H3. The van der Waals surface area contributed by atoms with E-state index in [0.717, 1.165) is 0 Å². The summed E-state index contributed by atoms with van der Waals surface area (Å²) in [5, 5.41) is 0. The Kier molecular flexibility index (Phi) is 22.4. The number of carbonyl (C=O) groups excluding carboxylic acids is 2. The van der Waals surface area contributed by atoms with Crippen molar-refractivity contribution in [3.8, 4) is 0 Å². The zero-order chi connectivity index (χ0) is 17.8. The van der Waals surface area contributed by atoms with E-state index in [1.807, 2.05) is 13.8 Å². The van der Waals surface area contributed by atoms with E-state index in [-0.39, 0.29) is 24.8 Å². The van der Waals surface area contributed by atoms with Crippen LogP contribution in [-0.4, -0.2) is 71.0 Å². The van der Waals surface area contributed by atoms with E-state index >= 15 is 0 Å². The fourth-order valence-electron chi connectivity index (χ4n) is 1.38. The molecule has 0 bridgehead atoms. The molecule has 0 fully saturated rings. The second-order valence-electron chi connectivity index (χ2n) is 4.46. The molecule has 2 N–H and O–H groups in total. The van der Waals surface area contributed by atoms with Gasteiger partial charge >= 0.3 is 0 Å². The molecule has 0 heterocycles. The third-order valence-electron chi connectivity index (χ3n) is 2.32. The van der Waals surface area contributed by atoms with Crippen LogP contribution in [0.5, 0.6) is 0 Å². The molecule has 23 heavy (non-hydrogen) atoms. The van der Waals surface area contributed by atoms with Gasteiger partial charge in [0.2, 0.25) is 0 Å². The van der Waals surface area contributed by atoms with Gasteiger partial charge in [0.1, 0.15) is 13.2 Å². The third kappa shape index (κ3) is 23.5. The van der Waals surface area contributed by atoms with E-state index in [0.29, 0.717) is 59.0 Å². The molecule has 0 atom stereocenters. The third-order valence-corrected chi connectivity index (χ3v) is 2.32. The summed E-state index contributed by atoms with van der Waals surface area (Å²) in [5.74, 6) is -0.104. The molecule has 0 rings (SSSR count). The van der Waals surface area contributed by atoms with Gasteiger partial charge in [0.15, 0.2) is 11.6 Å². The van der Waals surface area contributed by atoms with Gasteiger partial charge in [0.25, 0.3) is 0 Å². The normalized spacial score (nSPS) is 10.1. The van der Waals surface area contributed by atoms with Gasteiger partial charge in [0.05, 0.1) is 33.0 Å². The van der Waals surface area contributed by atoms with Crippen LogP contribution in [0.15, 0.2) is 0 Å². The first-order valence-electron chi connectivity index (χ1n) is 8.19. The molecule has 0 aliphatic heterocycles. The highest BCUT2D eigenvalue weighted by molar-refractivity contribution is 5.80. The number of nitrogens with two attached hydrogens (primary N) is 1. The monoisotopic (exact) mass is 335 g/mol. The highest BCUT2D eigenvalue weighted by Crippen LogP contribution is 1.94. The summed E-state index contributed by atoms with van der Waals surface area (Å²) >= 11 is 0. The van der Waals surface area contributed by atoms with Gasteiger partial charge in [-0.2, -0.15) is 0 Å². The second kappa shape index (κ2) is 21.1. The van der Waals surface area contributed by atoms with Crippen LogP contribution >= 0.6 is 0 Å². The number of carbonyl (C=O) groups is 2. The van der Waals surface area contributed by atoms with Gasteiger partial charge in [0, 0.05) is 19.6 Å². The van der Waals surface area contributed by atoms with Gasteiger partial charge in [-0.3, -0.25) is 9.59 Å². The van der Waals surface area contributed by atoms with E-state index in [9.17, 15) is 9.59 Å². The summed E-state index contributed by atoms with van der Waals surface area (Å²) in [4.78, 5) is 21.9. The summed E-state index contributed by atoms with van der Waals surface area (Å²) in [6.07, 6.45) is 1.04. The SMILES string of the molecule is CC.CC(=O)COCC(=O)CCCOCCOCCOCCN. The van der Waals surface area contributed by atoms with E-state index in [1.165, 1.54) is 6.92 Å². The zero-order valence-corrected chi connectivity index (χ0v) is 14.8. The molecule has 7 heteroatoms. The molecule has 0 aliphatic carbocycles. The fourth-order valence-corrected chi connectivity index (χ4v) is 1.38. The average molecular weight is 335 g/mol. The second-order valence-corrected chi connectivity index (χ2v) is 4.46. The minimum Gasteiger partial charge on any atom is -0.379 e. The zero-order valence-electron chi connectivity index (χ0n) is 14.8. The lowest BCUT2D eigenvalue weighted by molar-refractivity contribution is -0.127. The summed E-state index contributed by atoms with van der Waals surface area (Å²) < 4.78 is 20.7. The molecule has 0 aromatic carbocycles. The van der Waals surface area contributed by atoms with Crippen LogP contribution in [0.25, 0.3) is 0 Å². The molecule has 0 saturated carbocycles. The highest BCUT2D eigenvalue weighted by atomic mass is 16.5. The van der Waals surface area contributed by atoms with Gasteiger partial charge in [-0.25, -0.2) is 0 Å². The van der Waals surface area contributed by atoms with Crippen LogP contribution in [0, 0.1) is 0 Å². The first kappa shape index (κ1) is 24.4. The van der Waals surface area contributed by atoms with Crippen molar-refractivity contribution in [2.75, 3.05) is 59.4 Å². The molecule has 0 aliphatic rings. The smallest absolute Gasteiger partial charge is 0.158 e. The lowest BCUT2D eigenvalue weighted by atomic mass is 10.2. The molecule has 7 nitrogen and oxygen atoms in total. The highest BCUT2D eigenvalue weighted by Gasteiger charge is 2.03.